The molecule has 1 aliphatic carbocycles. The summed E-state index contributed by atoms with van der Waals surface area (Å²) in [6.07, 6.45) is -0.423. The average Bonchev–Trinajstić information content (AvgIpc) is 2.73. The first-order chi connectivity index (χ1) is 7.38. The van der Waals surface area contributed by atoms with Gasteiger partial charge >= 0.3 is 0 Å². The van der Waals surface area contributed by atoms with Crippen LogP contribution in [0.3, 0.4) is 0 Å². The maximum Gasteiger partial charge on any atom is 0.260 e. The molecule has 86 valence electrons. The van der Waals surface area contributed by atoms with Gasteiger partial charge in [-0.15, -0.1) is 0 Å². The Morgan fingerprint density at radius 3 is 2.56 bits per heavy atom. The number of carbonyl (C=O) groups is 1. The molecule has 1 amide bonds. The van der Waals surface area contributed by atoms with E-state index in [0.29, 0.717) is 5.56 Å². The molecule has 1 atom stereocenters. The van der Waals surface area contributed by atoms with Gasteiger partial charge in [-0.25, -0.2) is 13.2 Å². The van der Waals surface area contributed by atoms with Crippen LogP contribution in [0.1, 0.15) is 12.0 Å². The van der Waals surface area contributed by atoms with E-state index in [9.17, 15) is 18.0 Å². The third-order valence-electron chi connectivity index (χ3n) is 2.45. The molecule has 1 saturated carbocycles. The van der Waals surface area contributed by atoms with E-state index in [-0.39, 0.29) is 5.69 Å². The van der Waals surface area contributed by atoms with Gasteiger partial charge in [-0.05, 0) is 30.7 Å². The summed E-state index contributed by atoms with van der Waals surface area (Å²) < 4.78 is 38.1. The van der Waals surface area contributed by atoms with E-state index in [1.807, 2.05) is 0 Å². The molecule has 1 aromatic rings. The minimum absolute atomic E-state index is 0.213. The Morgan fingerprint density at radius 2 is 2.06 bits per heavy atom. The van der Waals surface area contributed by atoms with Gasteiger partial charge in [0, 0.05) is 12.1 Å². The molecule has 0 saturated heterocycles. The standard InChI is InChI=1S/C11H10F3NO/c1-6-2-7(12)4-8(3-6)15-10(16)9-5-11(9,13)14/h2-4,9H,5H2,1H3,(H,15,16). The molecule has 5 heteroatoms. The van der Waals surface area contributed by atoms with Crippen molar-refractivity contribution in [1.82, 2.24) is 0 Å². The zero-order valence-corrected chi connectivity index (χ0v) is 8.56. The Labute approximate surface area is 90.5 Å². The summed E-state index contributed by atoms with van der Waals surface area (Å²) in [5, 5.41) is 2.28. The molecule has 1 N–H and O–H groups in total. The van der Waals surface area contributed by atoms with Gasteiger partial charge in [-0.2, -0.15) is 0 Å². The molecule has 2 rings (SSSR count). The molecule has 0 aliphatic heterocycles. The highest BCUT2D eigenvalue weighted by Gasteiger charge is 2.61. The number of alkyl halides is 2. The van der Waals surface area contributed by atoms with Crippen LogP contribution in [-0.4, -0.2) is 11.8 Å². The molecule has 0 spiro atoms. The second-order valence-electron chi connectivity index (χ2n) is 4.02. The fourth-order valence-electron chi connectivity index (χ4n) is 1.54. The Balaban J connectivity index is 2.07. The van der Waals surface area contributed by atoms with Crippen LogP contribution in [-0.2, 0) is 4.79 Å². The van der Waals surface area contributed by atoms with Crippen LogP contribution in [0, 0.1) is 18.7 Å². The number of amides is 1. The molecule has 16 heavy (non-hydrogen) atoms. The van der Waals surface area contributed by atoms with E-state index in [4.69, 9.17) is 0 Å². The zero-order chi connectivity index (χ0) is 11.9. The van der Waals surface area contributed by atoms with Gasteiger partial charge < -0.3 is 5.32 Å². The summed E-state index contributed by atoms with van der Waals surface area (Å²) in [6, 6.07) is 3.92. The van der Waals surface area contributed by atoms with E-state index in [1.165, 1.54) is 12.1 Å². The SMILES string of the molecule is Cc1cc(F)cc(NC(=O)C2CC2(F)F)c1. The van der Waals surface area contributed by atoms with Gasteiger partial charge in [0.25, 0.3) is 5.92 Å². The first kappa shape index (κ1) is 11.0. The molecule has 0 radical (unpaired) electrons. The molecule has 1 aromatic carbocycles. The van der Waals surface area contributed by atoms with Gasteiger partial charge in [-0.1, -0.05) is 0 Å². The van der Waals surface area contributed by atoms with Gasteiger partial charge in [0.05, 0.1) is 0 Å². The van der Waals surface area contributed by atoms with Crippen LogP contribution in [0.15, 0.2) is 18.2 Å². The minimum atomic E-state index is -2.90. The van der Waals surface area contributed by atoms with Gasteiger partial charge in [0.15, 0.2) is 0 Å². The van der Waals surface area contributed by atoms with Gasteiger partial charge in [-0.3, -0.25) is 4.79 Å². The fourth-order valence-corrected chi connectivity index (χ4v) is 1.54. The normalized spacial score (nSPS) is 21.6. The topological polar surface area (TPSA) is 29.1 Å². The highest BCUT2D eigenvalue weighted by molar-refractivity contribution is 5.95. The van der Waals surface area contributed by atoms with Crippen molar-refractivity contribution in [3.63, 3.8) is 0 Å². The van der Waals surface area contributed by atoms with Crippen molar-refractivity contribution in [3.05, 3.63) is 29.6 Å². The summed E-state index contributed by atoms with van der Waals surface area (Å²) in [7, 11) is 0. The molecule has 1 unspecified atom stereocenters. The van der Waals surface area contributed by atoms with Crippen molar-refractivity contribution < 1.29 is 18.0 Å². The quantitative estimate of drug-likeness (QED) is 0.830. The van der Waals surface area contributed by atoms with Crippen molar-refractivity contribution in [2.24, 2.45) is 5.92 Å². The number of nitrogens with one attached hydrogen (secondary N) is 1. The third-order valence-corrected chi connectivity index (χ3v) is 2.45. The smallest absolute Gasteiger partial charge is 0.260 e. The monoisotopic (exact) mass is 229 g/mol. The lowest BCUT2D eigenvalue weighted by atomic mass is 10.2. The van der Waals surface area contributed by atoms with Crippen molar-refractivity contribution in [1.29, 1.82) is 0 Å². The average molecular weight is 229 g/mol. The fraction of sp³-hybridized carbons (Fsp3) is 0.364. The summed E-state index contributed by atoms with van der Waals surface area (Å²) in [5.41, 5.74) is 0.836. The molecule has 1 aliphatic rings. The van der Waals surface area contributed by atoms with Crippen LogP contribution >= 0.6 is 0 Å². The molecular formula is C11H10F3NO. The number of anilines is 1. The Bertz CT molecular complexity index is 425. The Hall–Kier alpha value is -1.52. The maximum atomic E-state index is 12.9. The summed E-state index contributed by atoms with van der Waals surface area (Å²) >= 11 is 0. The molecule has 1 fully saturated rings. The minimum Gasteiger partial charge on any atom is -0.326 e. The van der Waals surface area contributed by atoms with Gasteiger partial charge in [0.1, 0.15) is 11.7 Å². The van der Waals surface area contributed by atoms with Crippen LogP contribution in [0.2, 0.25) is 0 Å². The molecule has 0 bridgehead atoms. The largest absolute Gasteiger partial charge is 0.326 e. The molecular weight excluding hydrogens is 219 g/mol. The van der Waals surface area contributed by atoms with Crippen LogP contribution in [0.5, 0.6) is 0 Å². The van der Waals surface area contributed by atoms with Crippen molar-refractivity contribution in [3.8, 4) is 0 Å². The maximum absolute atomic E-state index is 12.9. The Kier molecular flexibility index (Phi) is 2.40. The summed E-state index contributed by atoms with van der Waals surface area (Å²) in [6.45, 7) is 1.66. The number of halogens is 3. The van der Waals surface area contributed by atoms with E-state index in [0.717, 1.165) is 6.07 Å². The summed E-state index contributed by atoms with van der Waals surface area (Å²) in [5.74, 6) is -5.42. The van der Waals surface area contributed by atoms with Gasteiger partial charge in [0.2, 0.25) is 5.91 Å². The first-order valence-electron chi connectivity index (χ1n) is 4.84. The lowest BCUT2D eigenvalue weighted by Gasteiger charge is -2.05. The first-order valence-corrected chi connectivity index (χ1v) is 4.84. The third kappa shape index (κ3) is 2.18. The summed E-state index contributed by atoms with van der Waals surface area (Å²) in [4.78, 5) is 11.3. The number of hydrogen-bond donors (Lipinski definition) is 1. The number of hydrogen-bond acceptors (Lipinski definition) is 1. The van der Waals surface area contributed by atoms with E-state index in [1.54, 1.807) is 6.92 Å². The van der Waals surface area contributed by atoms with Crippen LogP contribution < -0.4 is 5.32 Å². The van der Waals surface area contributed by atoms with Crippen molar-refractivity contribution in [2.75, 3.05) is 5.32 Å². The number of aryl methyl sites for hydroxylation is 1. The van der Waals surface area contributed by atoms with Crippen molar-refractivity contribution in [2.45, 2.75) is 19.3 Å². The predicted molar refractivity (Wildman–Crippen MR) is 52.8 cm³/mol. The highest BCUT2D eigenvalue weighted by atomic mass is 19.3. The molecule has 2 nitrogen and oxygen atoms in total. The molecule has 0 heterocycles. The number of carbonyl (C=O) groups excluding carboxylic acids is 1. The lowest BCUT2D eigenvalue weighted by Crippen LogP contribution is -2.17. The lowest BCUT2D eigenvalue weighted by molar-refractivity contribution is -0.119. The highest BCUT2D eigenvalue weighted by Crippen LogP contribution is 2.49. The zero-order valence-electron chi connectivity index (χ0n) is 8.56. The Morgan fingerprint density at radius 1 is 1.44 bits per heavy atom. The van der Waals surface area contributed by atoms with E-state index < -0.39 is 30.0 Å². The second kappa shape index (κ2) is 3.50. The van der Waals surface area contributed by atoms with E-state index >= 15 is 0 Å². The van der Waals surface area contributed by atoms with E-state index in [2.05, 4.69) is 5.32 Å². The number of benzene rings is 1. The number of rotatable bonds is 2. The van der Waals surface area contributed by atoms with Crippen LogP contribution in [0.25, 0.3) is 0 Å². The predicted octanol–water partition coefficient (Wildman–Crippen LogP) is 2.73. The molecule has 0 aromatic heterocycles. The second-order valence-corrected chi connectivity index (χ2v) is 4.02. The van der Waals surface area contributed by atoms with Crippen molar-refractivity contribution >= 4 is 11.6 Å². The van der Waals surface area contributed by atoms with Crippen LogP contribution in [0.4, 0.5) is 18.9 Å².